The highest BCUT2D eigenvalue weighted by molar-refractivity contribution is 7.92. The quantitative estimate of drug-likeness (QED) is 0.909. The van der Waals surface area contributed by atoms with E-state index in [4.69, 9.17) is 5.11 Å². The fourth-order valence-corrected chi connectivity index (χ4v) is 2.87. The molecule has 2 aromatic carbocycles. The van der Waals surface area contributed by atoms with Crippen LogP contribution in [0.4, 0.5) is 10.1 Å². The van der Waals surface area contributed by atoms with Crippen LogP contribution in [0.5, 0.6) is 0 Å². The largest absolute Gasteiger partial charge is 0.478 e. The van der Waals surface area contributed by atoms with Crippen LogP contribution >= 0.6 is 0 Å². The average Bonchev–Trinajstić information content (AvgIpc) is 2.43. The molecule has 0 aliphatic rings. The number of hydrogen-bond donors (Lipinski definition) is 2. The summed E-state index contributed by atoms with van der Waals surface area (Å²) < 4.78 is 39.9. The van der Waals surface area contributed by atoms with Crippen LogP contribution in [0, 0.1) is 12.7 Å². The molecule has 0 aliphatic heterocycles. The highest BCUT2D eigenvalue weighted by Crippen LogP contribution is 2.21. The van der Waals surface area contributed by atoms with Crippen LogP contribution in [0.15, 0.2) is 47.4 Å². The maximum atomic E-state index is 13.2. The Labute approximate surface area is 121 Å². The molecule has 0 fully saturated rings. The Morgan fingerprint density at radius 2 is 1.90 bits per heavy atom. The van der Waals surface area contributed by atoms with E-state index >= 15 is 0 Å². The highest BCUT2D eigenvalue weighted by Gasteiger charge is 2.17. The Hall–Kier alpha value is -2.41. The second-order valence-electron chi connectivity index (χ2n) is 4.40. The molecule has 0 bridgehead atoms. The topological polar surface area (TPSA) is 83.5 Å². The lowest BCUT2D eigenvalue weighted by molar-refractivity contribution is 0.0696. The van der Waals surface area contributed by atoms with Gasteiger partial charge in [0.15, 0.2) is 0 Å². The fourth-order valence-electron chi connectivity index (χ4n) is 1.70. The number of sulfonamides is 1. The highest BCUT2D eigenvalue weighted by atomic mass is 32.2. The van der Waals surface area contributed by atoms with Crippen LogP contribution in [-0.2, 0) is 10.0 Å². The summed E-state index contributed by atoms with van der Waals surface area (Å²) in [6, 6.07) is 8.65. The summed E-state index contributed by atoms with van der Waals surface area (Å²) in [4.78, 5) is 10.7. The lowest BCUT2D eigenvalue weighted by atomic mass is 10.2. The number of halogens is 1. The van der Waals surface area contributed by atoms with Gasteiger partial charge in [-0.25, -0.2) is 17.6 Å². The van der Waals surface area contributed by atoms with Crippen LogP contribution in [0.2, 0.25) is 0 Å². The van der Waals surface area contributed by atoms with Gasteiger partial charge in [0.1, 0.15) is 5.82 Å². The Bertz CT molecular complexity index is 802. The van der Waals surface area contributed by atoms with Gasteiger partial charge in [0.05, 0.1) is 16.1 Å². The summed E-state index contributed by atoms with van der Waals surface area (Å²) in [5.74, 6) is -1.80. The zero-order chi connectivity index (χ0) is 15.6. The molecule has 0 heterocycles. The first kappa shape index (κ1) is 15.0. The minimum absolute atomic E-state index is 0.107. The minimum atomic E-state index is -3.99. The molecule has 0 radical (unpaired) electrons. The lowest BCUT2D eigenvalue weighted by Crippen LogP contribution is -2.14. The van der Waals surface area contributed by atoms with Crippen LogP contribution < -0.4 is 4.72 Å². The van der Waals surface area contributed by atoms with E-state index in [0.717, 1.165) is 12.1 Å². The smallest absolute Gasteiger partial charge is 0.335 e. The molecule has 2 rings (SSSR count). The van der Waals surface area contributed by atoms with E-state index in [9.17, 15) is 17.6 Å². The summed E-state index contributed by atoms with van der Waals surface area (Å²) in [6.45, 7) is 1.63. The summed E-state index contributed by atoms with van der Waals surface area (Å²) in [7, 11) is -3.99. The molecule has 2 N–H and O–H groups in total. The Kier molecular flexibility index (Phi) is 3.95. The zero-order valence-electron chi connectivity index (χ0n) is 11.0. The normalized spacial score (nSPS) is 11.1. The number of rotatable bonds is 4. The van der Waals surface area contributed by atoms with Gasteiger partial charge in [-0.2, -0.15) is 0 Å². The summed E-state index contributed by atoms with van der Waals surface area (Å²) in [5.41, 5.74) is 0.513. The molecule has 0 atom stereocenters. The van der Waals surface area contributed by atoms with E-state index in [1.54, 1.807) is 6.92 Å². The van der Waals surface area contributed by atoms with Gasteiger partial charge >= 0.3 is 5.97 Å². The van der Waals surface area contributed by atoms with E-state index in [0.29, 0.717) is 5.56 Å². The van der Waals surface area contributed by atoms with Gasteiger partial charge in [-0.05, 0) is 42.8 Å². The van der Waals surface area contributed by atoms with Crippen molar-refractivity contribution < 1.29 is 22.7 Å². The molecule has 0 spiro atoms. The van der Waals surface area contributed by atoms with Gasteiger partial charge in [0.2, 0.25) is 0 Å². The van der Waals surface area contributed by atoms with Crippen molar-refractivity contribution in [3.8, 4) is 0 Å². The molecule has 110 valence electrons. The maximum Gasteiger partial charge on any atom is 0.335 e. The summed E-state index contributed by atoms with van der Waals surface area (Å²) >= 11 is 0. The number of carbonyl (C=O) groups is 1. The number of nitrogens with one attached hydrogen (secondary N) is 1. The molecule has 0 aliphatic carbocycles. The van der Waals surface area contributed by atoms with Crippen molar-refractivity contribution in [2.75, 3.05) is 4.72 Å². The summed E-state index contributed by atoms with van der Waals surface area (Å²) in [6.07, 6.45) is 0. The van der Waals surface area contributed by atoms with Gasteiger partial charge in [-0.15, -0.1) is 0 Å². The van der Waals surface area contributed by atoms with Crippen molar-refractivity contribution in [3.63, 3.8) is 0 Å². The van der Waals surface area contributed by atoms with Gasteiger partial charge in [0.25, 0.3) is 10.0 Å². The average molecular weight is 309 g/mol. The number of carboxylic acids is 1. The first-order valence-corrected chi connectivity index (χ1v) is 7.40. The van der Waals surface area contributed by atoms with Crippen molar-refractivity contribution in [2.24, 2.45) is 0 Å². The third-order valence-corrected chi connectivity index (χ3v) is 4.20. The van der Waals surface area contributed by atoms with Crippen molar-refractivity contribution >= 4 is 21.7 Å². The Balaban J connectivity index is 2.41. The monoisotopic (exact) mass is 309 g/mol. The molecule has 0 unspecified atom stereocenters. The molecular formula is C14H12FNO4S. The van der Waals surface area contributed by atoms with E-state index < -0.39 is 21.8 Å². The predicted molar refractivity (Wildman–Crippen MR) is 75.3 cm³/mol. The molecule has 2 aromatic rings. The number of anilines is 1. The predicted octanol–water partition coefficient (Wildman–Crippen LogP) is 2.63. The summed E-state index contributed by atoms with van der Waals surface area (Å²) in [5, 5.41) is 8.88. The third-order valence-electron chi connectivity index (χ3n) is 2.84. The molecule has 21 heavy (non-hydrogen) atoms. The van der Waals surface area contributed by atoms with Crippen molar-refractivity contribution in [3.05, 3.63) is 59.4 Å². The van der Waals surface area contributed by atoms with E-state index in [-0.39, 0.29) is 16.1 Å². The molecule has 0 amide bonds. The van der Waals surface area contributed by atoms with E-state index in [2.05, 4.69) is 4.72 Å². The van der Waals surface area contributed by atoms with Crippen LogP contribution in [-0.4, -0.2) is 19.5 Å². The number of benzene rings is 2. The van der Waals surface area contributed by atoms with Gasteiger partial charge in [-0.1, -0.05) is 12.1 Å². The third kappa shape index (κ3) is 3.38. The molecular weight excluding hydrogens is 297 g/mol. The van der Waals surface area contributed by atoms with Crippen molar-refractivity contribution in [2.45, 2.75) is 11.8 Å². The zero-order valence-corrected chi connectivity index (χ0v) is 11.8. The van der Waals surface area contributed by atoms with Crippen LogP contribution in [0.1, 0.15) is 15.9 Å². The first-order valence-electron chi connectivity index (χ1n) is 5.92. The number of hydrogen-bond acceptors (Lipinski definition) is 3. The molecule has 0 saturated heterocycles. The van der Waals surface area contributed by atoms with Gasteiger partial charge in [0, 0.05) is 0 Å². The van der Waals surface area contributed by atoms with Crippen LogP contribution in [0.3, 0.4) is 0 Å². The number of carboxylic acid groups (broad SMARTS) is 1. The second-order valence-corrected chi connectivity index (χ2v) is 6.08. The Morgan fingerprint density at radius 3 is 2.57 bits per heavy atom. The van der Waals surface area contributed by atoms with E-state index in [1.807, 2.05) is 0 Å². The first-order chi connectivity index (χ1) is 9.79. The Morgan fingerprint density at radius 1 is 1.19 bits per heavy atom. The molecule has 5 nitrogen and oxygen atoms in total. The SMILES string of the molecule is Cc1ccc(F)cc1NS(=O)(=O)c1cccc(C(=O)O)c1. The lowest BCUT2D eigenvalue weighted by Gasteiger charge is -2.11. The molecule has 0 saturated carbocycles. The molecule has 0 aromatic heterocycles. The van der Waals surface area contributed by atoms with E-state index in [1.165, 1.54) is 30.3 Å². The van der Waals surface area contributed by atoms with Gasteiger partial charge < -0.3 is 5.11 Å². The van der Waals surface area contributed by atoms with Crippen LogP contribution in [0.25, 0.3) is 0 Å². The van der Waals surface area contributed by atoms with Gasteiger partial charge in [-0.3, -0.25) is 4.72 Å². The maximum absolute atomic E-state index is 13.2. The molecule has 7 heteroatoms. The van der Waals surface area contributed by atoms with Crippen molar-refractivity contribution in [1.82, 2.24) is 0 Å². The second kappa shape index (κ2) is 5.53. The minimum Gasteiger partial charge on any atom is -0.478 e. The number of aryl methyl sites for hydroxylation is 1. The standard InChI is InChI=1S/C14H12FNO4S/c1-9-5-6-11(15)8-13(9)16-21(19,20)12-4-2-3-10(7-12)14(17)18/h2-8,16H,1H3,(H,17,18). The number of aromatic carboxylic acids is 1. The van der Waals surface area contributed by atoms with Crippen molar-refractivity contribution in [1.29, 1.82) is 0 Å². The fraction of sp³-hybridized carbons (Fsp3) is 0.0714.